The normalized spacial score (nSPS) is 25.5. The van der Waals surface area contributed by atoms with Crippen molar-refractivity contribution in [1.82, 2.24) is 4.90 Å². The van der Waals surface area contributed by atoms with Gasteiger partial charge in [-0.3, -0.25) is 4.79 Å². The highest BCUT2D eigenvalue weighted by atomic mass is 16.2. The van der Waals surface area contributed by atoms with Crippen molar-refractivity contribution in [1.29, 1.82) is 0 Å². The van der Waals surface area contributed by atoms with Crippen LogP contribution in [0.25, 0.3) is 0 Å². The molecule has 1 aliphatic carbocycles. The van der Waals surface area contributed by atoms with Crippen LogP contribution in [0.3, 0.4) is 0 Å². The number of carbonyl (C=O) groups excluding carboxylic acids is 1. The van der Waals surface area contributed by atoms with Gasteiger partial charge in [-0.25, -0.2) is 0 Å². The van der Waals surface area contributed by atoms with E-state index in [9.17, 15) is 4.79 Å². The topological polar surface area (TPSA) is 46.3 Å². The zero-order valence-corrected chi connectivity index (χ0v) is 11.5. The Hall–Kier alpha value is -0.570. The predicted molar refractivity (Wildman–Crippen MR) is 69.5 cm³/mol. The summed E-state index contributed by atoms with van der Waals surface area (Å²) in [5, 5.41) is 0. The molecule has 0 aromatic rings. The number of rotatable bonds is 1. The molecule has 1 saturated heterocycles. The van der Waals surface area contributed by atoms with Gasteiger partial charge in [0.2, 0.25) is 5.91 Å². The number of amides is 1. The van der Waals surface area contributed by atoms with Crippen LogP contribution in [0.15, 0.2) is 0 Å². The third kappa shape index (κ3) is 2.49. The molecule has 0 aromatic heterocycles. The maximum atomic E-state index is 12.3. The van der Waals surface area contributed by atoms with Crippen LogP contribution >= 0.6 is 0 Å². The minimum Gasteiger partial charge on any atom is -0.341 e. The molecule has 0 radical (unpaired) electrons. The Labute approximate surface area is 105 Å². The molecule has 3 nitrogen and oxygen atoms in total. The summed E-state index contributed by atoms with van der Waals surface area (Å²) in [5.41, 5.74) is 5.97. The Morgan fingerprint density at radius 2 is 1.76 bits per heavy atom. The van der Waals surface area contributed by atoms with Crippen molar-refractivity contribution in [2.45, 2.75) is 58.4 Å². The van der Waals surface area contributed by atoms with E-state index in [-0.39, 0.29) is 5.91 Å². The molecule has 3 heteroatoms. The fraction of sp³-hybridized carbons (Fsp3) is 0.929. The first kappa shape index (κ1) is 12.9. The van der Waals surface area contributed by atoms with Crippen molar-refractivity contribution in [3.8, 4) is 0 Å². The highest BCUT2D eigenvalue weighted by Crippen LogP contribution is 2.36. The summed E-state index contributed by atoms with van der Waals surface area (Å²) < 4.78 is 0. The molecule has 2 fully saturated rings. The number of carbonyl (C=O) groups is 1. The van der Waals surface area contributed by atoms with Gasteiger partial charge in [0.25, 0.3) is 0 Å². The highest BCUT2D eigenvalue weighted by Gasteiger charge is 2.43. The second kappa shape index (κ2) is 4.27. The molecule has 2 rings (SSSR count). The summed E-state index contributed by atoms with van der Waals surface area (Å²) in [4.78, 5) is 14.3. The molecule has 0 bridgehead atoms. The molecule has 0 atom stereocenters. The first-order valence-electron chi connectivity index (χ1n) is 6.91. The van der Waals surface area contributed by atoms with Crippen molar-refractivity contribution in [3.05, 3.63) is 0 Å². The lowest BCUT2D eigenvalue weighted by molar-refractivity contribution is -0.142. The summed E-state index contributed by atoms with van der Waals surface area (Å²) >= 11 is 0. The smallest absolute Gasteiger partial charge is 0.242 e. The Bertz CT molecular complexity index is 294. The van der Waals surface area contributed by atoms with Crippen LogP contribution in [0, 0.1) is 11.3 Å². The van der Waals surface area contributed by atoms with Gasteiger partial charge in [-0.1, -0.05) is 20.8 Å². The van der Waals surface area contributed by atoms with E-state index in [2.05, 4.69) is 20.8 Å². The lowest BCUT2D eigenvalue weighted by atomic mass is 9.73. The molecule has 2 aliphatic rings. The fourth-order valence-corrected chi connectivity index (χ4v) is 3.04. The largest absolute Gasteiger partial charge is 0.341 e. The Kier molecular flexibility index (Phi) is 3.23. The maximum Gasteiger partial charge on any atom is 0.242 e. The van der Waals surface area contributed by atoms with Crippen LogP contribution < -0.4 is 5.73 Å². The lowest BCUT2D eigenvalue weighted by Gasteiger charge is -2.44. The van der Waals surface area contributed by atoms with E-state index in [1.54, 1.807) is 0 Å². The fourth-order valence-electron chi connectivity index (χ4n) is 3.04. The number of hydrogen-bond donors (Lipinski definition) is 1. The van der Waals surface area contributed by atoms with E-state index < -0.39 is 5.54 Å². The molecule has 2 N–H and O–H groups in total. The average molecular weight is 238 g/mol. The Morgan fingerprint density at radius 3 is 2.12 bits per heavy atom. The first-order valence-corrected chi connectivity index (χ1v) is 6.91. The Morgan fingerprint density at radius 1 is 1.24 bits per heavy atom. The van der Waals surface area contributed by atoms with Gasteiger partial charge in [-0.2, -0.15) is 0 Å². The van der Waals surface area contributed by atoms with Gasteiger partial charge < -0.3 is 10.6 Å². The minimum absolute atomic E-state index is 0.205. The lowest BCUT2D eigenvalue weighted by Crippen LogP contribution is -2.60. The van der Waals surface area contributed by atoms with Crippen molar-refractivity contribution in [2.24, 2.45) is 17.1 Å². The summed E-state index contributed by atoms with van der Waals surface area (Å²) in [7, 11) is 0. The van der Waals surface area contributed by atoms with Crippen LogP contribution in [0.2, 0.25) is 0 Å². The molecule has 1 aliphatic heterocycles. The monoisotopic (exact) mass is 238 g/mol. The molecule has 1 saturated carbocycles. The summed E-state index contributed by atoms with van der Waals surface area (Å²) in [5.74, 6) is 0.942. The van der Waals surface area contributed by atoms with E-state index in [1.165, 1.54) is 0 Å². The van der Waals surface area contributed by atoms with Crippen molar-refractivity contribution < 1.29 is 4.79 Å². The van der Waals surface area contributed by atoms with Gasteiger partial charge in [0.15, 0.2) is 0 Å². The van der Waals surface area contributed by atoms with Crippen LogP contribution in [0.4, 0.5) is 0 Å². The van der Waals surface area contributed by atoms with Crippen LogP contribution in [-0.4, -0.2) is 29.4 Å². The van der Waals surface area contributed by atoms with Crippen LogP contribution in [0.5, 0.6) is 0 Å². The number of hydrogen-bond acceptors (Lipinski definition) is 2. The van der Waals surface area contributed by atoms with Crippen LogP contribution in [-0.2, 0) is 4.79 Å². The van der Waals surface area contributed by atoms with E-state index in [0.717, 1.165) is 51.1 Å². The van der Waals surface area contributed by atoms with Crippen molar-refractivity contribution in [2.75, 3.05) is 13.1 Å². The summed E-state index contributed by atoms with van der Waals surface area (Å²) in [6.07, 6.45) is 5.13. The van der Waals surface area contributed by atoms with Gasteiger partial charge in [-0.15, -0.1) is 0 Å². The van der Waals surface area contributed by atoms with Gasteiger partial charge in [0.1, 0.15) is 0 Å². The predicted octanol–water partition coefficient (Wildman–Crippen LogP) is 2.15. The number of likely N-dealkylation sites (tertiary alicyclic amines) is 1. The molecule has 1 heterocycles. The molecule has 1 amide bonds. The summed E-state index contributed by atoms with van der Waals surface area (Å²) in [6.45, 7) is 8.70. The van der Waals surface area contributed by atoms with Crippen molar-refractivity contribution in [3.63, 3.8) is 0 Å². The number of piperidine rings is 1. The SMILES string of the molecule is CC(C)(C)C1CCN(C(=O)C2(N)CCC2)CC1. The molecule has 0 aromatic carbocycles. The molecule has 0 spiro atoms. The molecular formula is C14H26N2O. The zero-order valence-electron chi connectivity index (χ0n) is 11.5. The molecule has 98 valence electrons. The van der Waals surface area contributed by atoms with E-state index in [0.29, 0.717) is 5.41 Å². The second-order valence-corrected chi connectivity index (χ2v) is 6.94. The molecule has 0 unspecified atom stereocenters. The number of nitrogens with two attached hydrogens (primary N) is 1. The van der Waals surface area contributed by atoms with Gasteiger partial charge in [0, 0.05) is 13.1 Å². The highest BCUT2D eigenvalue weighted by molar-refractivity contribution is 5.87. The third-order valence-electron chi connectivity index (χ3n) is 4.68. The standard InChI is InChI=1S/C14H26N2O/c1-13(2,3)11-5-9-16(10-6-11)12(17)14(15)7-4-8-14/h11H,4-10,15H2,1-3H3. The van der Waals surface area contributed by atoms with E-state index >= 15 is 0 Å². The van der Waals surface area contributed by atoms with Crippen molar-refractivity contribution >= 4 is 5.91 Å². The maximum absolute atomic E-state index is 12.3. The van der Waals surface area contributed by atoms with E-state index in [1.807, 2.05) is 4.90 Å². The first-order chi connectivity index (χ1) is 7.83. The average Bonchev–Trinajstić information content (AvgIpc) is 2.24. The third-order valence-corrected chi connectivity index (χ3v) is 4.68. The second-order valence-electron chi connectivity index (χ2n) is 6.94. The quantitative estimate of drug-likeness (QED) is 0.761. The summed E-state index contributed by atoms with van der Waals surface area (Å²) in [6, 6.07) is 0. The van der Waals surface area contributed by atoms with E-state index in [4.69, 9.17) is 5.73 Å². The van der Waals surface area contributed by atoms with Gasteiger partial charge in [0.05, 0.1) is 5.54 Å². The molecular weight excluding hydrogens is 212 g/mol. The van der Waals surface area contributed by atoms with Crippen LogP contribution in [0.1, 0.15) is 52.9 Å². The minimum atomic E-state index is -0.505. The van der Waals surface area contributed by atoms with Gasteiger partial charge >= 0.3 is 0 Å². The molecule has 17 heavy (non-hydrogen) atoms. The number of nitrogens with zero attached hydrogens (tertiary/aromatic N) is 1. The van der Waals surface area contributed by atoms with Gasteiger partial charge in [-0.05, 0) is 43.4 Å². The Balaban J connectivity index is 1.89. The zero-order chi connectivity index (χ0) is 12.7.